The third-order valence-electron chi connectivity index (χ3n) is 2.92. The van der Waals surface area contributed by atoms with Crippen molar-refractivity contribution in [2.24, 2.45) is 0 Å². The first-order valence-electron chi connectivity index (χ1n) is 5.86. The molecule has 1 N–H and O–H groups in total. The topological polar surface area (TPSA) is 21.3 Å². The van der Waals surface area contributed by atoms with Crippen molar-refractivity contribution in [3.63, 3.8) is 0 Å². The highest BCUT2D eigenvalue weighted by atomic mass is 79.9. The molecule has 0 aromatic heterocycles. The molecule has 1 saturated heterocycles. The van der Waals surface area contributed by atoms with Crippen LogP contribution in [0.5, 0.6) is 0 Å². The first-order chi connectivity index (χ1) is 8.28. The smallest absolute Gasteiger partial charge is 0.0790 e. The SMILES string of the molecule is CSCC1CNC(Cc2ccc(Br)cc2)CO1. The Bertz CT molecular complexity index is 336. The van der Waals surface area contributed by atoms with Gasteiger partial charge in [0.1, 0.15) is 0 Å². The summed E-state index contributed by atoms with van der Waals surface area (Å²) >= 11 is 5.30. The molecule has 1 aliphatic rings. The standard InChI is InChI=1S/C13H18BrNOS/c1-17-9-13-7-15-12(8-16-13)6-10-2-4-11(14)5-3-10/h2-5,12-13,15H,6-9H2,1H3. The van der Waals surface area contributed by atoms with Gasteiger partial charge in [-0.25, -0.2) is 0 Å². The first-order valence-corrected chi connectivity index (χ1v) is 8.05. The van der Waals surface area contributed by atoms with Crippen molar-refractivity contribution in [2.75, 3.05) is 25.2 Å². The maximum atomic E-state index is 5.83. The third kappa shape index (κ3) is 4.28. The van der Waals surface area contributed by atoms with E-state index in [2.05, 4.69) is 51.8 Å². The summed E-state index contributed by atoms with van der Waals surface area (Å²) in [6.45, 7) is 1.79. The predicted octanol–water partition coefficient (Wildman–Crippen LogP) is 2.71. The molecule has 1 aromatic rings. The van der Waals surface area contributed by atoms with Crippen LogP contribution in [-0.2, 0) is 11.2 Å². The van der Waals surface area contributed by atoms with E-state index in [4.69, 9.17) is 4.74 Å². The molecule has 1 fully saturated rings. The maximum Gasteiger partial charge on any atom is 0.0790 e. The van der Waals surface area contributed by atoms with E-state index in [-0.39, 0.29) is 0 Å². The van der Waals surface area contributed by atoms with Gasteiger partial charge in [0, 0.05) is 22.8 Å². The van der Waals surface area contributed by atoms with Crippen molar-refractivity contribution in [1.82, 2.24) is 5.32 Å². The zero-order chi connectivity index (χ0) is 12.1. The van der Waals surface area contributed by atoms with E-state index >= 15 is 0 Å². The Labute approximate surface area is 116 Å². The second kappa shape index (κ2) is 6.78. The van der Waals surface area contributed by atoms with Crippen molar-refractivity contribution in [3.05, 3.63) is 34.3 Å². The van der Waals surface area contributed by atoms with Crippen LogP contribution in [0, 0.1) is 0 Å². The quantitative estimate of drug-likeness (QED) is 0.923. The maximum absolute atomic E-state index is 5.83. The lowest BCUT2D eigenvalue weighted by atomic mass is 10.1. The van der Waals surface area contributed by atoms with Crippen molar-refractivity contribution in [1.29, 1.82) is 0 Å². The summed E-state index contributed by atoms with van der Waals surface area (Å²) in [5.41, 5.74) is 1.36. The zero-order valence-corrected chi connectivity index (χ0v) is 12.4. The zero-order valence-electron chi connectivity index (χ0n) is 9.99. The van der Waals surface area contributed by atoms with E-state index < -0.39 is 0 Å². The molecular formula is C13H18BrNOS. The molecule has 1 aromatic carbocycles. The van der Waals surface area contributed by atoms with Gasteiger partial charge in [-0.3, -0.25) is 0 Å². The van der Waals surface area contributed by atoms with Gasteiger partial charge in [-0.05, 0) is 30.4 Å². The van der Waals surface area contributed by atoms with Crippen molar-refractivity contribution in [3.8, 4) is 0 Å². The van der Waals surface area contributed by atoms with Crippen LogP contribution in [0.3, 0.4) is 0 Å². The van der Waals surface area contributed by atoms with Crippen LogP contribution in [0.1, 0.15) is 5.56 Å². The van der Waals surface area contributed by atoms with Crippen LogP contribution in [0.25, 0.3) is 0 Å². The van der Waals surface area contributed by atoms with Gasteiger partial charge in [-0.2, -0.15) is 11.8 Å². The molecule has 0 amide bonds. The number of ether oxygens (including phenoxy) is 1. The molecule has 0 spiro atoms. The Morgan fingerprint density at radius 3 is 2.76 bits per heavy atom. The molecule has 2 unspecified atom stereocenters. The van der Waals surface area contributed by atoms with Gasteiger partial charge in [0.15, 0.2) is 0 Å². The van der Waals surface area contributed by atoms with E-state index in [1.54, 1.807) is 0 Å². The van der Waals surface area contributed by atoms with Crippen LogP contribution in [0.15, 0.2) is 28.7 Å². The second-order valence-electron chi connectivity index (χ2n) is 4.35. The predicted molar refractivity (Wildman–Crippen MR) is 77.8 cm³/mol. The van der Waals surface area contributed by atoms with Crippen LogP contribution in [-0.4, -0.2) is 37.3 Å². The Hall–Kier alpha value is -0.0300. The van der Waals surface area contributed by atoms with Gasteiger partial charge in [0.25, 0.3) is 0 Å². The molecule has 2 rings (SSSR count). The summed E-state index contributed by atoms with van der Waals surface area (Å²) in [6, 6.07) is 8.97. The minimum atomic E-state index is 0.381. The van der Waals surface area contributed by atoms with Crippen molar-refractivity contribution in [2.45, 2.75) is 18.6 Å². The van der Waals surface area contributed by atoms with E-state index in [1.165, 1.54) is 5.56 Å². The number of hydrogen-bond acceptors (Lipinski definition) is 3. The Morgan fingerprint density at radius 2 is 2.18 bits per heavy atom. The lowest BCUT2D eigenvalue weighted by Gasteiger charge is -2.30. The highest BCUT2D eigenvalue weighted by Gasteiger charge is 2.20. The lowest BCUT2D eigenvalue weighted by molar-refractivity contribution is 0.0183. The van der Waals surface area contributed by atoms with E-state index in [9.17, 15) is 0 Å². The average Bonchev–Trinajstić information content (AvgIpc) is 2.35. The molecule has 17 heavy (non-hydrogen) atoms. The monoisotopic (exact) mass is 315 g/mol. The fraction of sp³-hybridized carbons (Fsp3) is 0.538. The summed E-state index contributed by atoms with van der Waals surface area (Å²) in [6.07, 6.45) is 3.54. The van der Waals surface area contributed by atoms with Crippen molar-refractivity contribution < 1.29 is 4.74 Å². The van der Waals surface area contributed by atoms with Crippen LogP contribution in [0.2, 0.25) is 0 Å². The molecule has 1 aliphatic heterocycles. The third-order valence-corrected chi connectivity index (χ3v) is 4.15. The van der Waals surface area contributed by atoms with Gasteiger partial charge < -0.3 is 10.1 Å². The fourth-order valence-corrected chi connectivity index (χ4v) is 2.85. The van der Waals surface area contributed by atoms with Crippen LogP contribution >= 0.6 is 27.7 Å². The highest BCUT2D eigenvalue weighted by Crippen LogP contribution is 2.14. The number of thioether (sulfide) groups is 1. The van der Waals surface area contributed by atoms with E-state index in [0.717, 1.165) is 29.8 Å². The molecular weight excluding hydrogens is 298 g/mol. The number of halogens is 1. The molecule has 2 nitrogen and oxygen atoms in total. The van der Waals surface area contributed by atoms with Gasteiger partial charge in [-0.15, -0.1) is 0 Å². The number of morpholine rings is 1. The van der Waals surface area contributed by atoms with Crippen molar-refractivity contribution >= 4 is 27.7 Å². The molecule has 2 atom stereocenters. The fourth-order valence-electron chi connectivity index (χ4n) is 2.00. The number of rotatable bonds is 4. The Kier molecular flexibility index (Phi) is 5.35. The number of benzene rings is 1. The molecule has 94 valence electrons. The minimum absolute atomic E-state index is 0.381. The Balaban J connectivity index is 1.79. The highest BCUT2D eigenvalue weighted by molar-refractivity contribution is 9.10. The van der Waals surface area contributed by atoms with Gasteiger partial charge in [0.05, 0.1) is 12.7 Å². The minimum Gasteiger partial charge on any atom is -0.374 e. The summed E-state index contributed by atoms with van der Waals surface area (Å²) in [4.78, 5) is 0. The number of nitrogens with one attached hydrogen (secondary N) is 1. The number of hydrogen-bond donors (Lipinski definition) is 1. The summed E-state index contributed by atoms with van der Waals surface area (Å²) in [5, 5.41) is 3.57. The van der Waals surface area contributed by atoms with Gasteiger partial charge in [0.2, 0.25) is 0 Å². The molecule has 4 heteroatoms. The second-order valence-corrected chi connectivity index (χ2v) is 6.17. The molecule has 0 saturated carbocycles. The molecule has 0 radical (unpaired) electrons. The molecule has 0 bridgehead atoms. The summed E-state index contributed by atoms with van der Waals surface area (Å²) in [5.74, 6) is 1.08. The largest absolute Gasteiger partial charge is 0.374 e. The van der Waals surface area contributed by atoms with Gasteiger partial charge in [-0.1, -0.05) is 28.1 Å². The van der Waals surface area contributed by atoms with E-state index in [1.807, 2.05) is 11.8 Å². The van der Waals surface area contributed by atoms with E-state index in [0.29, 0.717) is 12.1 Å². The van der Waals surface area contributed by atoms with Crippen LogP contribution in [0.4, 0.5) is 0 Å². The van der Waals surface area contributed by atoms with Crippen LogP contribution < -0.4 is 5.32 Å². The van der Waals surface area contributed by atoms with Gasteiger partial charge >= 0.3 is 0 Å². The normalized spacial score (nSPS) is 24.8. The first kappa shape index (κ1) is 13.4. The molecule has 0 aliphatic carbocycles. The average molecular weight is 316 g/mol. The Morgan fingerprint density at radius 1 is 1.41 bits per heavy atom. The molecule has 1 heterocycles. The summed E-state index contributed by atoms with van der Waals surface area (Å²) in [7, 11) is 0. The lowest BCUT2D eigenvalue weighted by Crippen LogP contribution is -2.48. The summed E-state index contributed by atoms with van der Waals surface area (Å²) < 4.78 is 6.97.